The minimum absolute atomic E-state index is 0.191. The highest BCUT2D eigenvalue weighted by Gasteiger charge is 2.48. The molecule has 1 aromatic carbocycles. The number of hydrogen-bond acceptors (Lipinski definition) is 8. The highest BCUT2D eigenvalue weighted by Crippen LogP contribution is 2.49. The van der Waals surface area contributed by atoms with Gasteiger partial charge < -0.3 is 19.7 Å². The van der Waals surface area contributed by atoms with Crippen molar-refractivity contribution in [1.82, 2.24) is 34.1 Å². The van der Waals surface area contributed by atoms with E-state index in [1.807, 2.05) is 79.8 Å². The van der Waals surface area contributed by atoms with Crippen LogP contribution in [0.2, 0.25) is 0 Å². The van der Waals surface area contributed by atoms with Crippen LogP contribution in [-0.2, 0) is 4.74 Å². The zero-order valence-electron chi connectivity index (χ0n) is 23.5. The van der Waals surface area contributed by atoms with Gasteiger partial charge in [-0.2, -0.15) is 10.2 Å². The summed E-state index contributed by atoms with van der Waals surface area (Å²) >= 11 is 0. The summed E-state index contributed by atoms with van der Waals surface area (Å²) in [5.41, 5.74) is 4.29. The Balaban J connectivity index is 1.10. The summed E-state index contributed by atoms with van der Waals surface area (Å²) in [6.07, 6.45) is 8.58. The Morgan fingerprint density at radius 2 is 1.80 bits per heavy atom. The summed E-state index contributed by atoms with van der Waals surface area (Å²) in [5, 5.41) is 12.1. The van der Waals surface area contributed by atoms with Gasteiger partial charge in [-0.25, -0.2) is 23.8 Å². The Hall–Kier alpha value is -4.67. The lowest BCUT2D eigenvalue weighted by Gasteiger charge is -2.33. The molecule has 1 saturated carbocycles. The van der Waals surface area contributed by atoms with Gasteiger partial charge in [0.05, 0.1) is 0 Å². The molecule has 2 bridgehead atoms. The van der Waals surface area contributed by atoms with Crippen LogP contribution in [0.5, 0.6) is 11.5 Å². The highest BCUT2D eigenvalue weighted by atomic mass is 16.6. The highest BCUT2D eigenvalue weighted by molar-refractivity contribution is 5.78. The Morgan fingerprint density at radius 3 is 2.59 bits per heavy atom. The number of rotatable bonds is 5. The summed E-state index contributed by atoms with van der Waals surface area (Å²) in [6, 6.07) is 12.0. The Bertz CT molecular complexity index is 1770. The van der Waals surface area contributed by atoms with Crippen LogP contribution in [0.3, 0.4) is 0 Å². The largest absolute Gasteiger partial charge is 0.457 e. The van der Waals surface area contributed by atoms with Crippen LogP contribution in [0, 0.1) is 12.8 Å². The number of amides is 1. The van der Waals surface area contributed by atoms with E-state index in [0.717, 1.165) is 46.8 Å². The average molecular weight is 553 g/mol. The van der Waals surface area contributed by atoms with Gasteiger partial charge in [-0.05, 0) is 93.8 Å². The van der Waals surface area contributed by atoms with Gasteiger partial charge >= 0.3 is 6.09 Å². The van der Waals surface area contributed by atoms with Crippen LogP contribution in [-0.4, -0.2) is 58.4 Å². The maximum atomic E-state index is 12.8. The van der Waals surface area contributed by atoms with Crippen molar-refractivity contribution in [2.75, 3.05) is 11.9 Å². The number of nitrogens with zero attached hydrogens (tertiary/aromatic N) is 7. The molecule has 4 aromatic heterocycles. The number of carbonyl (C=O) groups excluding carboxylic acids is 1. The van der Waals surface area contributed by atoms with Crippen LogP contribution in [0.4, 0.5) is 16.3 Å². The molecule has 1 aliphatic carbocycles. The van der Waals surface area contributed by atoms with Crippen LogP contribution >= 0.6 is 0 Å². The first-order valence-corrected chi connectivity index (χ1v) is 13.9. The monoisotopic (exact) mass is 552 g/mol. The maximum absolute atomic E-state index is 12.8. The van der Waals surface area contributed by atoms with E-state index < -0.39 is 5.60 Å². The van der Waals surface area contributed by atoms with Crippen molar-refractivity contribution in [3.8, 4) is 11.5 Å². The number of aryl methyl sites for hydroxylation is 1. The van der Waals surface area contributed by atoms with Crippen LogP contribution in [0.15, 0.2) is 61.4 Å². The van der Waals surface area contributed by atoms with E-state index in [0.29, 0.717) is 24.1 Å². The second kappa shape index (κ2) is 9.46. The number of piperidine rings is 1. The smallest absolute Gasteiger partial charge is 0.410 e. The van der Waals surface area contributed by atoms with Crippen molar-refractivity contribution >= 4 is 28.8 Å². The summed E-state index contributed by atoms with van der Waals surface area (Å²) in [4.78, 5) is 23.5. The molecule has 210 valence electrons. The SMILES string of the molecule is Cc1cc(Nc2ncnn3ccc(C4C[C@H]5C[C@@H]4CN5C(=O)OC(C)(C)C)c23)ccc1Oc1ccn2ncnc2c1. The van der Waals surface area contributed by atoms with E-state index >= 15 is 0 Å². The first kappa shape index (κ1) is 25.3. The molecular weight excluding hydrogens is 520 g/mol. The fourth-order valence-corrected chi connectivity index (χ4v) is 6.21. The maximum Gasteiger partial charge on any atom is 0.410 e. The molecule has 0 spiro atoms. The van der Waals surface area contributed by atoms with Crippen molar-refractivity contribution < 1.29 is 14.3 Å². The van der Waals surface area contributed by atoms with Crippen molar-refractivity contribution in [2.45, 2.75) is 58.1 Å². The fourth-order valence-electron chi connectivity index (χ4n) is 6.21. The Kier molecular flexibility index (Phi) is 5.84. The summed E-state index contributed by atoms with van der Waals surface area (Å²) in [6.45, 7) is 8.45. The molecule has 41 heavy (non-hydrogen) atoms. The van der Waals surface area contributed by atoms with E-state index in [9.17, 15) is 4.79 Å². The standard InChI is InChI=1S/C30H32N8O3/c1-18-11-20(5-6-25(18)40-22-7-9-37-26(14-22)31-16-33-37)35-28-27-23(8-10-38(27)34-17-32-28)24-13-21-12-19(24)15-36(21)29(39)41-30(2,3)4/h5-11,14,16-17,19,21,24H,12-13,15H2,1-4H3,(H,32,34,35)/t19-,21-,24?/m1/s1. The van der Waals surface area contributed by atoms with Crippen molar-refractivity contribution in [3.63, 3.8) is 0 Å². The Morgan fingerprint density at radius 1 is 1.00 bits per heavy atom. The van der Waals surface area contributed by atoms with Gasteiger partial charge in [0.2, 0.25) is 0 Å². The molecule has 1 N–H and O–H groups in total. The number of ether oxygens (including phenoxy) is 2. The zero-order valence-corrected chi connectivity index (χ0v) is 23.5. The second-order valence-corrected chi connectivity index (χ2v) is 11.9. The van der Waals surface area contributed by atoms with Gasteiger partial charge in [-0.1, -0.05) is 0 Å². The number of carbonyl (C=O) groups is 1. The van der Waals surface area contributed by atoms with Crippen LogP contribution < -0.4 is 10.1 Å². The molecule has 7 rings (SSSR count). The van der Waals surface area contributed by atoms with Crippen LogP contribution in [0.25, 0.3) is 11.2 Å². The number of hydrogen-bond donors (Lipinski definition) is 1. The molecule has 0 radical (unpaired) electrons. The lowest BCUT2D eigenvalue weighted by atomic mass is 9.88. The molecule has 1 saturated heterocycles. The summed E-state index contributed by atoms with van der Waals surface area (Å²) < 4.78 is 15.4. The number of nitrogens with one attached hydrogen (secondary N) is 1. The number of likely N-dealkylation sites (tertiary alicyclic amines) is 1. The lowest BCUT2D eigenvalue weighted by Crippen LogP contribution is -2.42. The second-order valence-electron chi connectivity index (χ2n) is 11.9. The van der Waals surface area contributed by atoms with Gasteiger partial charge in [0, 0.05) is 36.7 Å². The van der Waals surface area contributed by atoms with Gasteiger partial charge in [0.15, 0.2) is 11.5 Å². The lowest BCUT2D eigenvalue weighted by molar-refractivity contribution is 0.0181. The molecule has 5 heterocycles. The molecule has 1 unspecified atom stereocenters. The molecule has 11 nitrogen and oxygen atoms in total. The van der Waals surface area contributed by atoms with E-state index in [4.69, 9.17) is 9.47 Å². The van der Waals surface area contributed by atoms with Gasteiger partial charge in [-0.15, -0.1) is 0 Å². The first-order valence-electron chi connectivity index (χ1n) is 13.9. The van der Waals surface area contributed by atoms with Gasteiger partial charge in [0.1, 0.15) is 35.3 Å². The number of benzene rings is 1. The third kappa shape index (κ3) is 4.71. The number of anilines is 2. The average Bonchev–Trinajstić information content (AvgIpc) is 3.72. The quantitative estimate of drug-likeness (QED) is 0.294. The molecule has 2 aliphatic rings. The molecular formula is C30H32N8O3. The third-order valence-corrected chi connectivity index (χ3v) is 7.97. The fraction of sp³-hybridized carbons (Fsp3) is 0.367. The zero-order chi connectivity index (χ0) is 28.3. The molecule has 11 heteroatoms. The normalized spacial score (nSPS) is 20.2. The molecule has 3 atom stereocenters. The van der Waals surface area contributed by atoms with Gasteiger partial charge in [-0.3, -0.25) is 0 Å². The Labute approximate surface area is 237 Å². The minimum atomic E-state index is -0.496. The van der Waals surface area contributed by atoms with E-state index in [1.54, 1.807) is 10.8 Å². The van der Waals surface area contributed by atoms with Crippen molar-refractivity contribution in [1.29, 1.82) is 0 Å². The van der Waals surface area contributed by atoms with Gasteiger partial charge in [0.25, 0.3) is 0 Å². The number of aromatic nitrogens is 6. The molecule has 5 aromatic rings. The third-order valence-electron chi connectivity index (χ3n) is 7.97. The predicted molar refractivity (Wildman–Crippen MR) is 153 cm³/mol. The minimum Gasteiger partial charge on any atom is -0.457 e. The summed E-state index contributed by atoms with van der Waals surface area (Å²) in [7, 11) is 0. The molecule has 2 fully saturated rings. The van der Waals surface area contributed by atoms with E-state index in [-0.39, 0.29) is 12.1 Å². The number of pyridine rings is 1. The topological polar surface area (TPSA) is 111 Å². The first-order chi connectivity index (χ1) is 19.7. The molecule has 1 amide bonds. The molecule has 1 aliphatic heterocycles. The predicted octanol–water partition coefficient (Wildman–Crippen LogP) is 5.73. The van der Waals surface area contributed by atoms with Crippen molar-refractivity contribution in [3.05, 3.63) is 72.6 Å². The van der Waals surface area contributed by atoms with Crippen molar-refractivity contribution in [2.24, 2.45) is 5.92 Å². The number of fused-ring (bicyclic) bond motifs is 4. The van der Waals surface area contributed by atoms with Crippen LogP contribution in [0.1, 0.15) is 50.7 Å². The summed E-state index contributed by atoms with van der Waals surface area (Å²) in [5.74, 6) is 2.91. The van der Waals surface area contributed by atoms with E-state index in [1.165, 1.54) is 11.9 Å². The van der Waals surface area contributed by atoms with E-state index in [2.05, 4.69) is 31.5 Å².